The minimum Gasteiger partial charge on any atom is -0.496 e. The smallest absolute Gasteiger partial charge is 0.259 e. The van der Waals surface area contributed by atoms with Gasteiger partial charge < -0.3 is 19.9 Å². The zero-order valence-corrected chi connectivity index (χ0v) is 18.6. The number of benzene rings is 2. The maximum absolute atomic E-state index is 13.0. The third-order valence-corrected chi connectivity index (χ3v) is 5.53. The predicted molar refractivity (Wildman–Crippen MR) is 121 cm³/mol. The normalized spacial score (nSPS) is 14.1. The van der Waals surface area contributed by atoms with Crippen molar-refractivity contribution in [3.8, 4) is 5.75 Å². The van der Waals surface area contributed by atoms with Gasteiger partial charge in [0.05, 0.1) is 24.0 Å². The topological polar surface area (TPSA) is 61.9 Å². The van der Waals surface area contributed by atoms with Gasteiger partial charge in [-0.3, -0.25) is 9.59 Å². The highest BCUT2D eigenvalue weighted by Gasteiger charge is 2.25. The third kappa shape index (κ3) is 4.70. The standard InChI is InChI=1S/C23H28ClN3O3/c1-15(2)23(29)27-12-10-26(11-13-27)20-9-8-17(24)14-19(20)25-22(28)18-7-5-6-16(3)21(18)30-4/h5-9,14-15H,10-13H2,1-4H3,(H,25,28). The summed E-state index contributed by atoms with van der Waals surface area (Å²) in [6.45, 7) is 8.42. The summed E-state index contributed by atoms with van der Waals surface area (Å²) in [4.78, 5) is 29.3. The number of ether oxygens (including phenoxy) is 1. The van der Waals surface area contributed by atoms with E-state index in [1.165, 1.54) is 0 Å². The predicted octanol–water partition coefficient (Wildman–Crippen LogP) is 4.21. The van der Waals surface area contributed by atoms with Gasteiger partial charge in [-0.2, -0.15) is 0 Å². The fraction of sp³-hybridized carbons (Fsp3) is 0.391. The van der Waals surface area contributed by atoms with Crippen molar-refractivity contribution in [1.29, 1.82) is 0 Å². The molecule has 0 aliphatic carbocycles. The van der Waals surface area contributed by atoms with Gasteiger partial charge in [-0.25, -0.2) is 0 Å². The molecule has 2 aromatic carbocycles. The number of hydrogen-bond acceptors (Lipinski definition) is 4. The first-order valence-corrected chi connectivity index (χ1v) is 10.5. The first-order chi connectivity index (χ1) is 14.3. The largest absolute Gasteiger partial charge is 0.496 e. The van der Waals surface area contributed by atoms with Gasteiger partial charge in [0.1, 0.15) is 5.75 Å². The maximum atomic E-state index is 13.0. The van der Waals surface area contributed by atoms with Gasteiger partial charge in [-0.05, 0) is 36.8 Å². The number of aryl methyl sites for hydroxylation is 1. The van der Waals surface area contributed by atoms with Crippen molar-refractivity contribution in [1.82, 2.24) is 4.90 Å². The van der Waals surface area contributed by atoms with Crippen LogP contribution in [0.5, 0.6) is 5.75 Å². The first-order valence-electron chi connectivity index (χ1n) is 10.1. The SMILES string of the molecule is COc1c(C)cccc1C(=O)Nc1cc(Cl)ccc1N1CCN(C(=O)C(C)C)CC1. The Balaban J connectivity index is 1.81. The van der Waals surface area contributed by atoms with E-state index in [4.69, 9.17) is 16.3 Å². The van der Waals surface area contributed by atoms with Crippen LogP contribution in [0.2, 0.25) is 5.02 Å². The number of nitrogens with zero attached hydrogens (tertiary/aromatic N) is 2. The minimum atomic E-state index is -0.257. The van der Waals surface area contributed by atoms with Crippen LogP contribution in [-0.2, 0) is 4.79 Å². The van der Waals surface area contributed by atoms with E-state index in [0.717, 1.165) is 11.3 Å². The van der Waals surface area contributed by atoms with Crippen LogP contribution in [0, 0.1) is 12.8 Å². The average Bonchev–Trinajstić information content (AvgIpc) is 2.73. The molecule has 0 saturated carbocycles. The number of rotatable bonds is 5. The lowest BCUT2D eigenvalue weighted by atomic mass is 10.1. The van der Waals surface area contributed by atoms with Crippen LogP contribution in [0.15, 0.2) is 36.4 Å². The molecule has 1 fully saturated rings. The lowest BCUT2D eigenvalue weighted by Crippen LogP contribution is -2.50. The minimum absolute atomic E-state index is 0.00811. The fourth-order valence-corrected chi connectivity index (χ4v) is 3.88. The van der Waals surface area contributed by atoms with Crippen LogP contribution < -0.4 is 15.0 Å². The van der Waals surface area contributed by atoms with Gasteiger partial charge in [0.2, 0.25) is 5.91 Å². The molecule has 0 atom stereocenters. The van der Waals surface area contributed by atoms with Crippen LogP contribution in [0.3, 0.4) is 0 Å². The van der Waals surface area contributed by atoms with Crippen LogP contribution in [0.4, 0.5) is 11.4 Å². The molecule has 0 unspecified atom stereocenters. The summed E-state index contributed by atoms with van der Waals surface area (Å²) in [6.07, 6.45) is 0. The number of amides is 2. The number of carbonyl (C=O) groups excluding carboxylic acids is 2. The first kappa shape index (κ1) is 22.0. The second-order valence-corrected chi connectivity index (χ2v) is 8.17. The van der Waals surface area contributed by atoms with Crippen molar-refractivity contribution in [3.63, 3.8) is 0 Å². The molecule has 1 N–H and O–H groups in total. The van der Waals surface area contributed by atoms with E-state index >= 15 is 0 Å². The Labute approximate surface area is 182 Å². The number of methoxy groups -OCH3 is 1. The molecule has 1 aliphatic heterocycles. The number of para-hydroxylation sites is 1. The van der Waals surface area contributed by atoms with Gasteiger partial charge in [0.15, 0.2) is 0 Å². The molecule has 160 valence electrons. The van der Waals surface area contributed by atoms with E-state index in [9.17, 15) is 9.59 Å². The summed E-state index contributed by atoms with van der Waals surface area (Å²) in [5, 5.41) is 3.53. The zero-order chi connectivity index (χ0) is 21.8. The molecular formula is C23H28ClN3O3. The van der Waals surface area contributed by atoms with Crippen LogP contribution >= 0.6 is 11.6 Å². The Hall–Kier alpha value is -2.73. The van der Waals surface area contributed by atoms with E-state index in [2.05, 4.69) is 10.2 Å². The van der Waals surface area contributed by atoms with Crippen molar-refractivity contribution < 1.29 is 14.3 Å². The van der Waals surface area contributed by atoms with Crippen LogP contribution in [-0.4, -0.2) is 50.0 Å². The molecule has 0 bridgehead atoms. The highest BCUT2D eigenvalue weighted by molar-refractivity contribution is 6.31. The third-order valence-electron chi connectivity index (χ3n) is 5.29. The summed E-state index contributed by atoms with van der Waals surface area (Å²) in [5.41, 5.74) is 2.88. The summed E-state index contributed by atoms with van der Waals surface area (Å²) >= 11 is 6.22. The van der Waals surface area contributed by atoms with Gasteiger partial charge in [0, 0.05) is 37.1 Å². The number of carbonyl (C=O) groups is 2. The monoisotopic (exact) mass is 429 g/mol. The maximum Gasteiger partial charge on any atom is 0.259 e. The van der Waals surface area contributed by atoms with Crippen LogP contribution in [0.1, 0.15) is 29.8 Å². The quantitative estimate of drug-likeness (QED) is 0.773. The molecule has 0 spiro atoms. The van der Waals surface area contributed by atoms with E-state index < -0.39 is 0 Å². The Morgan fingerprint density at radius 2 is 1.80 bits per heavy atom. The highest BCUT2D eigenvalue weighted by atomic mass is 35.5. The van der Waals surface area contributed by atoms with Crippen molar-refractivity contribution in [3.05, 3.63) is 52.5 Å². The summed E-state index contributed by atoms with van der Waals surface area (Å²) in [7, 11) is 1.56. The lowest BCUT2D eigenvalue weighted by molar-refractivity contribution is -0.134. The molecule has 6 nitrogen and oxygen atoms in total. The zero-order valence-electron chi connectivity index (χ0n) is 17.9. The number of halogens is 1. The average molecular weight is 430 g/mol. The van der Waals surface area contributed by atoms with E-state index in [1.807, 2.05) is 49.9 Å². The van der Waals surface area contributed by atoms with Gasteiger partial charge in [0.25, 0.3) is 5.91 Å². The molecule has 1 aliphatic rings. The number of hydrogen-bond donors (Lipinski definition) is 1. The van der Waals surface area contributed by atoms with Gasteiger partial charge in [-0.1, -0.05) is 37.6 Å². The van der Waals surface area contributed by atoms with Crippen molar-refractivity contribution in [2.45, 2.75) is 20.8 Å². The Morgan fingerprint density at radius 3 is 2.43 bits per heavy atom. The number of piperazine rings is 1. The van der Waals surface area contributed by atoms with Crippen molar-refractivity contribution in [2.24, 2.45) is 5.92 Å². The molecular weight excluding hydrogens is 402 g/mol. The molecule has 2 amide bonds. The summed E-state index contributed by atoms with van der Waals surface area (Å²) in [5.74, 6) is 0.462. The molecule has 0 radical (unpaired) electrons. The Kier molecular flexibility index (Phi) is 6.87. The van der Waals surface area contributed by atoms with Crippen molar-refractivity contribution in [2.75, 3.05) is 43.5 Å². The number of nitrogens with one attached hydrogen (secondary N) is 1. The Morgan fingerprint density at radius 1 is 1.10 bits per heavy atom. The molecule has 2 aromatic rings. The summed E-state index contributed by atoms with van der Waals surface area (Å²) < 4.78 is 5.42. The van der Waals surface area contributed by atoms with Gasteiger partial charge >= 0.3 is 0 Å². The van der Waals surface area contributed by atoms with E-state index in [0.29, 0.717) is 48.2 Å². The second kappa shape index (κ2) is 9.39. The second-order valence-electron chi connectivity index (χ2n) is 7.74. The molecule has 1 heterocycles. The van der Waals surface area contributed by atoms with E-state index in [1.54, 1.807) is 19.2 Å². The Bertz CT molecular complexity index is 937. The summed E-state index contributed by atoms with van der Waals surface area (Å²) in [6, 6.07) is 10.9. The highest BCUT2D eigenvalue weighted by Crippen LogP contribution is 2.32. The lowest BCUT2D eigenvalue weighted by Gasteiger charge is -2.37. The molecule has 7 heteroatoms. The molecule has 3 rings (SSSR count). The van der Waals surface area contributed by atoms with Crippen molar-refractivity contribution >= 4 is 34.8 Å². The van der Waals surface area contributed by atoms with E-state index in [-0.39, 0.29) is 17.7 Å². The van der Waals surface area contributed by atoms with Gasteiger partial charge in [-0.15, -0.1) is 0 Å². The fourth-order valence-electron chi connectivity index (χ4n) is 3.71. The van der Waals surface area contributed by atoms with Crippen LogP contribution in [0.25, 0.3) is 0 Å². The molecule has 0 aromatic heterocycles. The number of anilines is 2. The molecule has 30 heavy (non-hydrogen) atoms. The molecule has 1 saturated heterocycles.